The molecule has 10 nitrogen and oxygen atoms in total. The van der Waals surface area contributed by atoms with Crippen LogP contribution in [-0.2, 0) is 2.69 Å². The summed E-state index contributed by atoms with van der Waals surface area (Å²) in [5.41, 5.74) is 5.96. The van der Waals surface area contributed by atoms with E-state index in [1.807, 2.05) is 82.5 Å². The molecule has 0 unspecified atom stereocenters. The summed E-state index contributed by atoms with van der Waals surface area (Å²) in [5, 5.41) is 22.2. The molecule has 0 fully saturated rings. The maximum atomic E-state index is 9.14. The monoisotopic (exact) mass is 730 g/mol. The Bertz CT molecular complexity index is 1470. The topological polar surface area (TPSA) is 112 Å². The Balaban J connectivity index is 1.67. The number of hydrogen-bond donors (Lipinski definition) is 1. The van der Waals surface area contributed by atoms with E-state index in [2.05, 4.69) is 12.1 Å². The molecule has 1 aliphatic rings. The van der Waals surface area contributed by atoms with Gasteiger partial charge in [-0.25, -0.2) is 0 Å². The Kier molecular flexibility index (Phi) is 8.87. The van der Waals surface area contributed by atoms with Crippen LogP contribution in [0, 0.1) is 0 Å². The van der Waals surface area contributed by atoms with E-state index in [1.165, 1.54) is 0 Å². The van der Waals surface area contributed by atoms with Gasteiger partial charge in [-0.2, -0.15) is 0 Å². The van der Waals surface area contributed by atoms with Crippen molar-refractivity contribution in [3.8, 4) is 22.8 Å². The molecule has 4 aromatic rings. The first-order valence-corrected chi connectivity index (χ1v) is 16.5. The Morgan fingerprint density at radius 1 is 0.675 bits per heavy atom. The van der Waals surface area contributed by atoms with E-state index in [9.17, 15) is 0 Å². The van der Waals surface area contributed by atoms with E-state index in [1.54, 1.807) is 10.0 Å². The number of aliphatic hydroxyl groups is 1. The third kappa shape index (κ3) is 6.57. The zero-order valence-corrected chi connectivity index (χ0v) is 26.8. The van der Waals surface area contributed by atoms with Crippen LogP contribution in [0.25, 0.3) is 22.8 Å². The Labute approximate surface area is 246 Å². The van der Waals surface area contributed by atoms with Crippen LogP contribution >= 0.6 is 0 Å². The molecule has 202 valence electrons. The van der Waals surface area contributed by atoms with Crippen molar-refractivity contribution in [3.05, 3.63) is 78.1 Å². The fraction of sp³-hybridized carbons (Fsp3) is 0.241. The summed E-state index contributed by atoms with van der Waals surface area (Å²) in [6.07, 6.45) is 0.628. The van der Waals surface area contributed by atoms with E-state index >= 15 is 0 Å². The van der Waals surface area contributed by atoms with Crippen LogP contribution in [0.2, 0.25) is 0 Å². The van der Waals surface area contributed by atoms with Crippen LogP contribution in [-0.4, -0.2) is 88.5 Å². The predicted molar refractivity (Wildman–Crippen MR) is 159 cm³/mol. The number of hydrazone groups is 2. The SMILES string of the molecule is CC1=NN(C)c2cccc(n2)-c2c[c]([Pb][O]CCCO)cc(n2)-c2cccc(n2)N(C)N=C(C)c2cccc1n2. The van der Waals surface area contributed by atoms with Gasteiger partial charge in [0.05, 0.1) is 0 Å². The average Bonchev–Trinajstić information content (AvgIpc) is 2.99. The summed E-state index contributed by atoms with van der Waals surface area (Å²) in [4.78, 5) is 19.6. The fourth-order valence-corrected chi connectivity index (χ4v) is 7.23. The van der Waals surface area contributed by atoms with Crippen molar-refractivity contribution in [2.24, 2.45) is 10.2 Å². The summed E-state index contributed by atoms with van der Waals surface area (Å²) < 4.78 is 7.13. The molecular formula is C29H30N8O2Pb. The molecule has 11 heteroatoms. The number of nitrogens with zero attached hydrogens (tertiary/aromatic N) is 8. The van der Waals surface area contributed by atoms with Crippen molar-refractivity contribution in [3.63, 3.8) is 0 Å². The number of aromatic nitrogens is 4. The molecule has 5 heterocycles. The minimum atomic E-state index is -1.64. The Morgan fingerprint density at radius 3 is 1.68 bits per heavy atom. The van der Waals surface area contributed by atoms with E-state index in [0.717, 1.165) is 48.7 Å². The molecule has 0 saturated heterocycles. The molecule has 8 bridgehead atoms. The van der Waals surface area contributed by atoms with Crippen LogP contribution in [0.1, 0.15) is 31.7 Å². The number of hydrogen-bond acceptors (Lipinski definition) is 10. The van der Waals surface area contributed by atoms with E-state index in [0.29, 0.717) is 24.7 Å². The molecule has 4 aromatic heterocycles. The third-order valence-corrected chi connectivity index (χ3v) is 9.56. The molecule has 0 atom stereocenters. The molecular weight excluding hydrogens is 700 g/mol. The van der Waals surface area contributed by atoms with Crippen LogP contribution < -0.4 is 13.1 Å². The number of pyridine rings is 4. The normalized spacial score (nSPS) is 13.3. The second-order valence-electron chi connectivity index (χ2n) is 9.24. The molecule has 0 aliphatic carbocycles. The average molecular weight is 730 g/mol. The van der Waals surface area contributed by atoms with Crippen molar-refractivity contribution < 1.29 is 7.79 Å². The van der Waals surface area contributed by atoms with Crippen LogP contribution in [0.3, 0.4) is 0 Å². The molecule has 2 radical (unpaired) electrons. The van der Waals surface area contributed by atoms with Gasteiger partial charge in [-0.05, 0) is 0 Å². The molecule has 0 aromatic carbocycles. The molecule has 1 N–H and O–H groups in total. The predicted octanol–water partition coefficient (Wildman–Crippen LogP) is 3.28. The summed E-state index contributed by atoms with van der Waals surface area (Å²) in [7, 11) is 3.74. The van der Waals surface area contributed by atoms with Crippen LogP contribution in [0.15, 0.2) is 76.9 Å². The quantitative estimate of drug-likeness (QED) is 0.246. The van der Waals surface area contributed by atoms with Crippen molar-refractivity contribution in [1.82, 2.24) is 19.9 Å². The molecule has 5 rings (SSSR count). The molecule has 0 spiro atoms. The third-order valence-electron chi connectivity index (χ3n) is 6.17. The molecule has 40 heavy (non-hydrogen) atoms. The first-order valence-electron chi connectivity index (χ1n) is 12.9. The Hall–Kier alpha value is -3.62. The van der Waals surface area contributed by atoms with Gasteiger partial charge in [0.15, 0.2) is 0 Å². The first-order chi connectivity index (χ1) is 19.4. The van der Waals surface area contributed by atoms with Gasteiger partial charge in [0.2, 0.25) is 0 Å². The molecule has 0 saturated carbocycles. The maximum absolute atomic E-state index is 9.14. The number of fused-ring (bicyclic) bond motifs is 10. The van der Waals surface area contributed by atoms with Gasteiger partial charge < -0.3 is 0 Å². The zero-order chi connectivity index (χ0) is 28.1. The molecule has 0 amide bonds. The first kappa shape index (κ1) is 27.9. The zero-order valence-electron chi connectivity index (χ0n) is 22.9. The van der Waals surface area contributed by atoms with E-state index < -0.39 is 24.7 Å². The van der Waals surface area contributed by atoms with E-state index in [4.69, 9.17) is 37.9 Å². The second kappa shape index (κ2) is 12.7. The number of aliphatic hydroxyl groups excluding tert-OH is 1. The summed E-state index contributed by atoms with van der Waals surface area (Å²) in [5.74, 6) is 1.37. The van der Waals surface area contributed by atoms with Gasteiger partial charge in [-0.3, -0.25) is 0 Å². The standard InChI is InChI=1S/C26H23N8.C3H7O2.Pb/c1-17-19-9-5-10-20(27-19)18(2)32-34(4)26-16-8-14-24(30-26)22-12-6-11-21(28-22)23-13-7-15-25(29-23)33(3)31-17;4-2-1-3-5;/h5,7-16H,1-4H3;4H,1-3H2;/q;-1;+1. The number of rotatable bonds is 5. The van der Waals surface area contributed by atoms with Crippen molar-refractivity contribution in [2.45, 2.75) is 20.3 Å². The van der Waals surface area contributed by atoms with Gasteiger partial charge in [0.1, 0.15) is 0 Å². The van der Waals surface area contributed by atoms with Gasteiger partial charge in [-0.1, -0.05) is 0 Å². The van der Waals surface area contributed by atoms with Crippen molar-refractivity contribution in [1.29, 1.82) is 0 Å². The fourth-order valence-electron chi connectivity index (χ4n) is 4.11. The van der Waals surface area contributed by atoms with Gasteiger partial charge >= 0.3 is 247 Å². The van der Waals surface area contributed by atoms with Gasteiger partial charge in [0, 0.05) is 0 Å². The summed E-state index contributed by atoms with van der Waals surface area (Å²) in [6.45, 7) is 4.53. The minimum absolute atomic E-state index is 0.121. The molecule has 1 aliphatic heterocycles. The van der Waals surface area contributed by atoms with E-state index in [-0.39, 0.29) is 6.61 Å². The van der Waals surface area contributed by atoms with Crippen molar-refractivity contribution >= 4 is 50.9 Å². The van der Waals surface area contributed by atoms with Gasteiger partial charge in [-0.15, -0.1) is 0 Å². The summed E-state index contributed by atoms with van der Waals surface area (Å²) >= 11 is -1.64. The number of anilines is 2. The second-order valence-corrected chi connectivity index (χ2v) is 13.4. The summed E-state index contributed by atoms with van der Waals surface area (Å²) in [6, 6.07) is 21.6. The Morgan fingerprint density at radius 2 is 1.15 bits per heavy atom. The van der Waals surface area contributed by atoms with Gasteiger partial charge in [0.25, 0.3) is 0 Å². The van der Waals surface area contributed by atoms with Crippen LogP contribution in [0.4, 0.5) is 11.6 Å². The van der Waals surface area contributed by atoms with Crippen molar-refractivity contribution in [2.75, 3.05) is 37.3 Å². The van der Waals surface area contributed by atoms with Crippen LogP contribution in [0.5, 0.6) is 0 Å².